The number of anilines is 1. The Morgan fingerprint density at radius 3 is 2.39 bits per heavy atom. The van der Waals surface area contributed by atoms with E-state index in [4.69, 9.17) is 4.74 Å². The Morgan fingerprint density at radius 2 is 1.82 bits per heavy atom. The Hall–Kier alpha value is -2.13. The summed E-state index contributed by atoms with van der Waals surface area (Å²) in [5.74, 6) is 0.146. The molecule has 0 aromatic heterocycles. The summed E-state index contributed by atoms with van der Waals surface area (Å²) >= 11 is 0. The van der Waals surface area contributed by atoms with Crippen LogP contribution < -0.4 is 10.2 Å². The molecular formula is C19H27N3O5S. The molecule has 0 saturated carbocycles. The molecule has 1 aromatic rings. The Bertz CT molecular complexity index is 847. The number of ketones is 1. The highest BCUT2D eigenvalue weighted by atomic mass is 32.2. The van der Waals surface area contributed by atoms with Gasteiger partial charge in [0.05, 0.1) is 18.0 Å². The van der Waals surface area contributed by atoms with Crippen LogP contribution in [0.5, 0.6) is 0 Å². The van der Waals surface area contributed by atoms with Gasteiger partial charge in [-0.1, -0.05) is 6.07 Å². The van der Waals surface area contributed by atoms with Gasteiger partial charge in [-0.25, -0.2) is 13.2 Å². The molecule has 2 aliphatic heterocycles. The molecule has 9 heteroatoms. The molecule has 28 heavy (non-hydrogen) atoms. The number of carbonyl (C=O) groups excluding carboxylic acids is 2. The van der Waals surface area contributed by atoms with E-state index in [1.165, 1.54) is 4.31 Å². The summed E-state index contributed by atoms with van der Waals surface area (Å²) in [6.45, 7) is 6.70. The zero-order valence-electron chi connectivity index (χ0n) is 16.5. The van der Waals surface area contributed by atoms with Crippen LogP contribution in [0.3, 0.4) is 0 Å². The number of piperidine rings is 1. The third-order valence-electron chi connectivity index (χ3n) is 4.73. The summed E-state index contributed by atoms with van der Waals surface area (Å²) in [7, 11) is -3.62. The Labute approximate surface area is 165 Å². The monoisotopic (exact) mass is 409 g/mol. The Balaban J connectivity index is 1.60. The minimum atomic E-state index is -3.62. The third kappa shape index (κ3) is 4.82. The number of benzene rings is 1. The molecule has 2 heterocycles. The van der Waals surface area contributed by atoms with Crippen LogP contribution in [-0.4, -0.2) is 62.4 Å². The van der Waals surface area contributed by atoms with Gasteiger partial charge in [-0.2, -0.15) is 4.31 Å². The number of sulfonamides is 1. The van der Waals surface area contributed by atoms with Crippen molar-refractivity contribution in [3.05, 3.63) is 24.3 Å². The number of Topliss-reactive ketones (excluding diaryl/α,β-unsaturated/α-hetero) is 1. The lowest BCUT2D eigenvalue weighted by atomic mass is 10.1. The maximum absolute atomic E-state index is 13.0. The van der Waals surface area contributed by atoms with Crippen molar-refractivity contribution in [1.82, 2.24) is 9.62 Å². The molecule has 0 bridgehead atoms. The molecule has 0 spiro atoms. The van der Waals surface area contributed by atoms with E-state index >= 15 is 0 Å². The van der Waals surface area contributed by atoms with Crippen molar-refractivity contribution in [1.29, 1.82) is 0 Å². The second-order valence-electron chi connectivity index (χ2n) is 8.22. The highest BCUT2D eigenvalue weighted by Gasteiger charge is 2.32. The molecule has 2 fully saturated rings. The van der Waals surface area contributed by atoms with E-state index in [0.717, 1.165) is 5.69 Å². The van der Waals surface area contributed by atoms with Crippen LogP contribution in [0.25, 0.3) is 0 Å². The minimum absolute atomic E-state index is 0.111. The fourth-order valence-corrected chi connectivity index (χ4v) is 4.78. The molecule has 3 rings (SSSR count). The van der Waals surface area contributed by atoms with Gasteiger partial charge < -0.3 is 15.0 Å². The van der Waals surface area contributed by atoms with E-state index < -0.39 is 21.7 Å². The first-order chi connectivity index (χ1) is 13.0. The number of carbonyl (C=O) groups is 2. The van der Waals surface area contributed by atoms with Crippen LogP contribution in [0, 0.1) is 0 Å². The van der Waals surface area contributed by atoms with Crippen LogP contribution >= 0.6 is 0 Å². The summed E-state index contributed by atoms with van der Waals surface area (Å²) < 4.78 is 32.7. The number of hydrogen-bond acceptors (Lipinski definition) is 6. The number of nitrogens with one attached hydrogen (secondary N) is 1. The van der Waals surface area contributed by atoms with Crippen molar-refractivity contribution in [2.45, 2.75) is 50.2 Å². The standard InChI is InChI=1S/C19H27N3O5S/c1-19(2,3)27-18(24)20-14-7-9-22(10-8-14)28(25,26)17-6-4-5-15(11-17)21-12-16(23)13-21/h4-6,11,14H,7-10,12-13H2,1-3H3,(H,20,24). The SMILES string of the molecule is CC(C)(C)OC(=O)NC1CCN(S(=O)(=O)c2cccc(N3CC(=O)C3)c2)CC1. The zero-order valence-corrected chi connectivity index (χ0v) is 17.3. The molecule has 0 radical (unpaired) electrons. The minimum Gasteiger partial charge on any atom is -0.444 e. The summed E-state index contributed by atoms with van der Waals surface area (Å²) in [6.07, 6.45) is 0.572. The molecule has 0 unspecified atom stereocenters. The van der Waals surface area contributed by atoms with Gasteiger partial charge in [-0.05, 0) is 51.8 Å². The van der Waals surface area contributed by atoms with Gasteiger partial charge in [0, 0.05) is 24.8 Å². The maximum Gasteiger partial charge on any atom is 0.407 e. The quantitative estimate of drug-likeness (QED) is 0.814. The van der Waals surface area contributed by atoms with Gasteiger partial charge in [0.15, 0.2) is 5.78 Å². The summed E-state index contributed by atoms with van der Waals surface area (Å²) in [6, 6.07) is 6.59. The molecular weight excluding hydrogens is 382 g/mol. The first-order valence-corrected chi connectivity index (χ1v) is 10.8. The summed E-state index contributed by atoms with van der Waals surface area (Å²) in [5.41, 5.74) is 0.169. The predicted molar refractivity (Wildman–Crippen MR) is 105 cm³/mol. The van der Waals surface area contributed by atoms with Crippen molar-refractivity contribution in [2.75, 3.05) is 31.1 Å². The molecule has 0 atom stereocenters. The molecule has 2 saturated heterocycles. The van der Waals surface area contributed by atoms with Gasteiger partial charge in [-0.3, -0.25) is 4.79 Å². The molecule has 1 amide bonds. The number of hydrogen-bond donors (Lipinski definition) is 1. The molecule has 2 aliphatic rings. The van der Waals surface area contributed by atoms with Crippen molar-refractivity contribution < 1.29 is 22.7 Å². The van der Waals surface area contributed by atoms with Crippen molar-refractivity contribution in [2.24, 2.45) is 0 Å². The Kier molecular flexibility index (Phi) is 5.67. The topological polar surface area (TPSA) is 96.0 Å². The zero-order chi connectivity index (χ0) is 20.5. The van der Waals surface area contributed by atoms with Gasteiger partial charge >= 0.3 is 6.09 Å². The second kappa shape index (κ2) is 7.71. The summed E-state index contributed by atoms with van der Waals surface area (Å²) in [5, 5.41) is 2.81. The van der Waals surface area contributed by atoms with E-state index in [1.807, 2.05) is 11.0 Å². The maximum atomic E-state index is 13.0. The first kappa shape index (κ1) is 20.6. The average molecular weight is 410 g/mol. The first-order valence-electron chi connectivity index (χ1n) is 9.41. The van der Waals surface area contributed by atoms with Gasteiger partial charge in [0.25, 0.3) is 0 Å². The van der Waals surface area contributed by atoms with Crippen LogP contribution in [0.4, 0.5) is 10.5 Å². The van der Waals surface area contributed by atoms with Gasteiger partial charge in [0.1, 0.15) is 5.60 Å². The highest BCUT2D eigenvalue weighted by molar-refractivity contribution is 7.89. The van der Waals surface area contributed by atoms with E-state index in [1.54, 1.807) is 39.0 Å². The molecule has 1 N–H and O–H groups in total. The van der Waals surface area contributed by atoms with Crippen LogP contribution in [0.2, 0.25) is 0 Å². The lowest BCUT2D eigenvalue weighted by Gasteiger charge is -2.33. The average Bonchev–Trinajstić information content (AvgIpc) is 2.58. The van der Waals surface area contributed by atoms with Crippen LogP contribution in [-0.2, 0) is 19.6 Å². The van der Waals surface area contributed by atoms with Gasteiger partial charge in [0.2, 0.25) is 10.0 Å². The van der Waals surface area contributed by atoms with E-state index in [-0.39, 0.29) is 16.7 Å². The van der Waals surface area contributed by atoms with Crippen molar-refractivity contribution >= 4 is 27.6 Å². The molecule has 0 aliphatic carbocycles. The molecule has 1 aromatic carbocycles. The Morgan fingerprint density at radius 1 is 1.18 bits per heavy atom. The number of amides is 1. The largest absolute Gasteiger partial charge is 0.444 e. The molecule has 8 nitrogen and oxygen atoms in total. The van der Waals surface area contributed by atoms with E-state index in [0.29, 0.717) is 39.0 Å². The fraction of sp³-hybridized carbons (Fsp3) is 0.579. The van der Waals surface area contributed by atoms with E-state index in [9.17, 15) is 18.0 Å². The smallest absolute Gasteiger partial charge is 0.407 e. The lowest BCUT2D eigenvalue weighted by molar-refractivity contribution is -0.119. The number of nitrogens with zero attached hydrogens (tertiary/aromatic N) is 2. The van der Waals surface area contributed by atoms with Crippen LogP contribution in [0.1, 0.15) is 33.6 Å². The van der Waals surface area contributed by atoms with Crippen molar-refractivity contribution in [3.63, 3.8) is 0 Å². The molecule has 154 valence electrons. The van der Waals surface area contributed by atoms with Gasteiger partial charge in [-0.15, -0.1) is 0 Å². The van der Waals surface area contributed by atoms with Crippen LogP contribution in [0.15, 0.2) is 29.2 Å². The van der Waals surface area contributed by atoms with Crippen molar-refractivity contribution in [3.8, 4) is 0 Å². The fourth-order valence-electron chi connectivity index (χ4n) is 3.27. The third-order valence-corrected chi connectivity index (χ3v) is 6.62. The lowest BCUT2D eigenvalue weighted by Crippen LogP contribution is -2.48. The normalized spacial score (nSPS) is 19.2. The number of ether oxygens (including phenoxy) is 1. The highest BCUT2D eigenvalue weighted by Crippen LogP contribution is 2.26. The predicted octanol–water partition coefficient (Wildman–Crippen LogP) is 1.75. The second-order valence-corrected chi connectivity index (χ2v) is 10.2. The number of rotatable bonds is 4. The van der Waals surface area contributed by atoms with E-state index in [2.05, 4.69) is 5.32 Å². The summed E-state index contributed by atoms with van der Waals surface area (Å²) in [4.78, 5) is 25.2. The number of alkyl carbamates (subject to hydrolysis) is 1.